The molecule has 138 valence electrons. The second-order valence-corrected chi connectivity index (χ2v) is 7.41. The molecule has 26 heavy (non-hydrogen) atoms. The lowest BCUT2D eigenvalue weighted by atomic mass is 10.1. The van der Waals surface area contributed by atoms with Crippen molar-refractivity contribution in [2.24, 2.45) is 7.05 Å². The van der Waals surface area contributed by atoms with Crippen molar-refractivity contribution in [2.45, 2.75) is 45.3 Å². The van der Waals surface area contributed by atoms with E-state index in [-0.39, 0.29) is 6.10 Å². The molecule has 0 atom stereocenters. The molecule has 0 spiro atoms. The van der Waals surface area contributed by atoms with Gasteiger partial charge in [-0.1, -0.05) is 25.1 Å². The standard InChI is InChI=1S/C20H26N4O2/c1-14(2)20-21-19(26-22-20)13-24-11-7-15(8-12-24)25-18-6-4-5-17-16(18)9-10-23(17)3/h4-6,9-10,14-15H,7-8,11-13H2,1-3H3. The predicted octanol–water partition coefficient (Wildman–Crippen LogP) is 3.73. The summed E-state index contributed by atoms with van der Waals surface area (Å²) in [5.74, 6) is 2.78. The summed E-state index contributed by atoms with van der Waals surface area (Å²) in [6.45, 7) is 6.83. The summed E-state index contributed by atoms with van der Waals surface area (Å²) in [5.41, 5.74) is 1.21. The number of hydrogen-bond acceptors (Lipinski definition) is 5. The molecular weight excluding hydrogens is 328 g/mol. The van der Waals surface area contributed by atoms with Crippen LogP contribution in [0.3, 0.4) is 0 Å². The van der Waals surface area contributed by atoms with Crippen molar-refractivity contribution in [3.05, 3.63) is 42.2 Å². The maximum absolute atomic E-state index is 6.32. The molecule has 1 fully saturated rings. The fraction of sp³-hybridized carbons (Fsp3) is 0.500. The van der Waals surface area contributed by atoms with Crippen LogP contribution in [0.25, 0.3) is 10.9 Å². The fourth-order valence-corrected chi connectivity index (χ4v) is 3.50. The van der Waals surface area contributed by atoms with Gasteiger partial charge in [-0.05, 0) is 31.0 Å². The first kappa shape index (κ1) is 17.1. The molecule has 1 aliphatic rings. The van der Waals surface area contributed by atoms with Gasteiger partial charge >= 0.3 is 0 Å². The molecule has 0 unspecified atom stereocenters. The van der Waals surface area contributed by atoms with Crippen LogP contribution in [0.5, 0.6) is 5.75 Å². The van der Waals surface area contributed by atoms with Gasteiger partial charge in [0.05, 0.1) is 12.1 Å². The largest absolute Gasteiger partial charge is 0.490 e. The van der Waals surface area contributed by atoms with Crippen molar-refractivity contribution in [3.8, 4) is 5.75 Å². The minimum Gasteiger partial charge on any atom is -0.490 e. The Kier molecular flexibility index (Phi) is 4.68. The van der Waals surface area contributed by atoms with E-state index in [0.29, 0.717) is 11.8 Å². The molecule has 2 aromatic heterocycles. The monoisotopic (exact) mass is 354 g/mol. The fourth-order valence-electron chi connectivity index (χ4n) is 3.50. The summed E-state index contributed by atoms with van der Waals surface area (Å²) >= 11 is 0. The zero-order chi connectivity index (χ0) is 18.1. The zero-order valence-corrected chi connectivity index (χ0v) is 15.7. The van der Waals surface area contributed by atoms with Crippen molar-refractivity contribution in [1.29, 1.82) is 0 Å². The predicted molar refractivity (Wildman–Crippen MR) is 100 cm³/mol. The highest BCUT2D eigenvalue weighted by atomic mass is 16.5. The van der Waals surface area contributed by atoms with Gasteiger partial charge in [0.25, 0.3) is 0 Å². The van der Waals surface area contributed by atoms with E-state index in [2.05, 4.69) is 71.0 Å². The van der Waals surface area contributed by atoms with Crippen molar-refractivity contribution >= 4 is 10.9 Å². The lowest BCUT2D eigenvalue weighted by molar-refractivity contribution is 0.0915. The van der Waals surface area contributed by atoms with Gasteiger partial charge in [0.15, 0.2) is 5.82 Å². The summed E-state index contributed by atoms with van der Waals surface area (Å²) in [5, 5.41) is 5.23. The summed E-state index contributed by atoms with van der Waals surface area (Å²) < 4.78 is 13.8. The number of nitrogens with zero attached hydrogens (tertiary/aromatic N) is 4. The van der Waals surface area contributed by atoms with E-state index in [1.165, 1.54) is 10.9 Å². The molecule has 0 saturated carbocycles. The van der Waals surface area contributed by atoms with Crippen LogP contribution in [-0.4, -0.2) is 38.8 Å². The van der Waals surface area contributed by atoms with Gasteiger partial charge in [0.1, 0.15) is 11.9 Å². The van der Waals surface area contributed by atoms with Gasteiger partial charge in [0, 0.05) is 37.6 Å². The summed E-state index contributed by atoms with van der Waals surface area (Å²) in [6.07, 6.45) is 4.35. The summed E-state index contributed by atoms with van der Waals surface area (Å²) in [4.78, 5) is 6.84. The summed E-state index contributed by atoms with van der Waals surface area (Å²) in [6, 6.07) is 8.39. The molecule has 6 heteroatoms. The first-order valence-electron chi connectivity index (χ1n) is 9.35. The van der Waals surface area contributed by atoms with Crippen LogP contribution in [0.15, 0.2) is 35.0 Å². The van der Waals surface area contributed by atoms with E-state index >= 15 is 0 Å². The van der Waals surface area contributed by atoms with Crippen molar-refractivity contribution in [2.75, 3.05) is 13.1 Å². The average molecular weight is 354 g/mol. The van der Waals surface area contributed by atoms with Gasteiger partial charge < -0.3 is 13.8 Å². The number of aromatic nitrogens is 3. The van der Waals surface area contributed by atoms with E-state index in [4.69, 9.17) is 9.26 Å². The second kappa shape index (κ2) is 7.11. The van der Waals surface area contributed by atoms with E-state index in [9.17, 15) is 0 Å². The molecule has 1 saturated heterocycles. The Morgan fingerprint density at radius 1 is 1.23 bits per heavy atom. The number of likely N-dealkylation sites (tertiary alicyclic amines) is 1. The maximum Gasteiger partial charge on any atom is 0.240 e. The van der Waals surface area contributed by atoms with Crippen LogP contribution in [0, 0.1) is 0 Å². The van der Waals surface area contributed by atoms with Gasteiger partial charge in [-0.3, -0.25) is 4.90 Å². The van der Waals surface area contributed by atoms with Crippen LogP contribution in [0.2, 0.25) is 0 Å². The third kappa shape index (κ3) is 3.46. The molecule has 3 heterocycles. The molecule has 0 aliphatic carbocycles. The molecule has 3 aromatic rings. The Balaban J connectivity index is 1.34. The number of hydrogen-bond donors (Lipinski definition) is 0. The SMILES string of the molecule is CC(C)c1noc(CN2CCC(Oc3cccc4c3ccn4C)CC2)n1. The molecule has 0 bridgehead atoms. The second-order valence-electron chi connectivity index (χ2n) is 7.41. The first-order chi connectivity index (χ1) is 12.6. The Labute approximate surface area is 153 Å². The van der Waals surface area contributed by atoms with Crippen LogP contribution < -0.4 is 4.74 Å². The van der Waals surface area contributed by atoms with Crippen molar-refractivity contribution in [1.82, 2.24) is 19.6 Å². The highest BCUT2D eigenvalue weighted by Crippen LogP contribution is 2.28. The molecule has 6 nitrogen and oxygen atoms in total. The number of aryl methyl sites for hydroxylation is 1. The van der Waals surface area contributed by atoms with E-state index in [1.54, 1.807) is 0 Å². The molecule has 4 rings (SSSR count). The molecule has 1 aliphatic heterocycles. The number of fused-ring (bicyclic) bond motifs is 1. The Bertz CT molecular complexity index is 875. The quantitative estimate of drug-likeness (QED) is 0.699. The van der Waals surface area contributed by atoms with E-state index < -0.39 is 0 Å². The number of ether oxygens (including phenoxy) is 1. The summed E-state index contributed by atoms with van der Waals surface area (Å²) in [7, 11) is 2.06. The molecular formula is C20H26N4O2. The van der Waals surface area contributed by atoms with E-state index in [1.807, 2.05) is 0 Å². The molecule has 0 N–H and O–H groups in total. The highest BCUT2D eigenvalue weighted by Gasteiger charge is 2.23. The number of piperidine rings is 1. The molecule has 1 aromatic carbocycles. The molecule has 0 amide bonds. The minimum absolute atomic E-state index is 0.256. The van der Waals surface area contributed by atoms with Gasteiger partial charge in [-0.25, -0.2) is 0 Å². The zero-order valence-electron chi connectivity index (χ0n) is 15.7. The molecule has 0 radical (unpaired) electrons. The minimum atomic E-state index is 0.256. The van der Waals surface area contributed by atoms with Crippen LogP contribution in [-0.2, 0) is 13.6 Å². The van der Waals surface area contributed by atoms with Gasteiger partial charge in [-0.2, -0.15) is 4.98 Å². The van der Waals surface area contributed by atoms with Crippen LogP contribution in [0.4, 0.5) is 0 Å². The number of benzene rings is 1. The third-order valence-electron chi connectivity index (χ3n) is 5.08. The van der Waals surface area contributed by atoms with Gasteiger partial charge in [-0.15, -0.1) is 0 Å². The van der Waals surface area contributed by atoms with E-state index in [0.717, 1.165) is 44.0 Å². The maximum atomic E-state index is 6.32. The van der Waals surface area contributed by atoms with Crippen molar-refractivity contribution < 1.29 is 9.26 Å². The average Bonchev–Trinajstić information content (AvgIpc) is 3.25. The van der Waals surface area contributed by atoms with Crippen LogP contribution in [0.1, 0.15) is 44.3 Å². The topological polar surface area (TPSA) is 56.3 Å². The first-order valence-corrected chi connectivity index (χ1v) is 9.35. The smallest absolute Gasteiger partial charge is 0.240 e. The lowest BCUT2D eigenvalue weighted by Gasteiger charge is -2.31. The van der Waals surface area contributed by atoms with Gasteiger partial charge in [0.2, 0.25) is 5.89 Å². The van der Waals surface area contributed by atoms with Crippen molar-refractivity contribution in [3.63, 3.8) is 0 Å². The lowest BCUT2D eigenvalue weighted by Crippen LogP contribution is -2.37. The Morgan fingerprint density at radius 3 is 2.77 bits per heavy atom. The Hall–Kier alpha value is -2.34. The number of rotatable bonds is 5. The Morgan fingerprint density at radius 2 is 2.04 bits per heavy atom. The third-order valence-corrected chi connectivity index (χ3v) is 5.08. The normalized spacial score (nSPS) is 16.6. The van der Waals surface area contributed by atoms with Crippen LogP contribution >= 0.6 is 0 Å². The highest BCUT2D eigenvalue weighted by molar-refractivity contribution is 5.86.